The fourth-order valence-corrected chi connectivity index (χ4v) is 1.23. The quantitative estimate of drug-likeness (QED) is 0.640. The Kier molecular flexibility index (Phi) is 3.70. The van der Waals surface area contributed by atoms with Crippen LogP contribution < -0.4 is 0 Å². The van der Waals surface area contributed by atoms with Crippen LogP contribution in [0.3, 0.4) is 0 Å². The summed E-state index contributed by atoms with van der Waals surface area (Å²) in [6.45, 7) is 5.22. The van der Waals surface area contributed by atoms with E-state index in [0.29, 0.717) is 0 Å². The van der Waals surface area contributed by atoms with E-state index in [4.69, 9.17) is 14.6 Å². The van der Waals surface area contributed by atoms with Crippen molar-refractivity contribution >= 4 is 5.97 Å². The third kappa shape index (κ3) is 3.44. The summed E-state index contributed by atoms with van der Waals surface area (Å²) in [6.07, 6.45) is -2.19. The van der Waals surface area contributed by atoms with E-state index < -0.39 is 23.9 Å². The molecule has 5 nitrogen and oxygen atoms in total. The van der Waals surface area contributed by atoms with Gasteiger partial charge in [-0.05, 0) is 20.8 Å². The summed E-state index contributed by atoms with van der Waals surface area (Å²) in [7, 11) is 0. The maximum atomic E-state index is 11.4. The topological polar surface area (TPSA) is 76.0 Å². The van der Waals surface area contributed by atoms with Gasteiger partial charge in [0.15, 0.2) is 6.29 Å². The van der Waals surface area contributed by atoms with Crippen molar-refractivity contribution in [2.45, 2.75) is 45.7 Å². The van der Waals surface area contributed by atoms with Crippen molar-refractivity contribution in [2.24, 2.45) is 5.41 Å². The summed E-state index contributed by atoms with van der Waals surface area (Å²) >= 11 is 0. The van der Waals surface area contributed by atoms with Crippen molar-refractivity contribution in [3.05, 3.63) is 0 Å². The second kappa shape index (κ2) is 4.47. The zero-order chi connectivity index (χ0) is 11.6. The third-order valence-electron chi connectivity index (χ3n) is 2.20. The van der Waals surface area contributed by atoms with Crippen LogP contribution in [0.15, 0.2) is 0 Å². The van der Waals surface area contributed by atoms with Gasteiger partial charge in [0.05, 0.1) is 11.5 Å². The smallest absolute Gasteiger partial charge is 0.311 e. The number of aliphatic hydroxyl groups is 2. The lowest BCUT2D eigenvalue weighted by molar-refractivity contribution is -0.163. The molecule has 0 spiro atoms. The number of rotatable bonds is 2. The molecule has 1 saturated heterocycles. The molecule has 0 bridgehead atoms. The van der Waals surface area contributed by atoms with Gasteiger partial charge in [-0.15, -0.1) is 0 Å². The Morgan fingerprint density at radius 3 is 2.47 bits per heavy atom. The van der Waals surface area contributed by atoms with Gasteiger partial charge in [-0.25, -0.2) is 0 Å². The maximum absolute atomic E-state index is 11.4. The van der Waals surface area contributed by atoms with E-state index in [1.807, 2.05) is 0 Å². The molecule has 0 aromatic carbocycles. The molecule has 3 atom stereocenters. The summed E-state index contributed by atoms with van der Waals surface area (Å²) < 4.78 is 9.94. The molecule has 1 fully saturated rings. The second-order valence-corrected chi connectivity index (χ2v) is 4.78. The molecule has 1 rings (SSSR count). The highest BCUT2D eigenvalue weighted by molar-refractivity contribution is 5.75. The molecular weight excluding hydrogens is 200 g/mol. The van der Waals surface area contributed by atoms with Crippen LogP contribution in [-0.4, -0.2) is 41.3 Å². The van der Waals surface area contributed by atoms with E-state index in [2.05, 4.69) is 0 Å². The Hall–Kier alpha value is -0.650. The standard InChI is InChI=1S/C10H18O5/c1-10(2,3)9(13)14-5-7-6(11)4-8(12)15-7/h6-8,11-12H,4-5H2,1-3H3/t6-,7-,8-/m1/s1. The Labute approximate surface area is 89.0 Å². The van der Waals surface area contributed by atoms with Crippen molar-refractivity contribution in [3.63, 3.8) is 0 Å². The molecule has 0 saturated carbocycles. The molecular formula is C10H18O5. The van der Waals surface area contributed by atoms with E-state index in [9.17, 15) is 9.90 Å². The van der Waals surface area contributed by atoms with Crippen LogP contribution in [0.25, 0.3) is 0 Å². The fraction of sp³-hybridized carbons (Fsp3) is 0.900. The average Bonchev–Trinajstić information content (AvgIpc) is 2.39. The molecule has 0 unspecified atom stereocenters. The van der Waals surface area contributed by atoms with Crippen molar-refractivity contribution in [3.8, 4) is 0 Å². The molecule has 0 aromatic heterocycles. The number of carbonyl (C=O) groups excluding carboxylic acids is 1. The number of esters is 1. The summed E-state index contributed by atoms with van der Waals surface area (Å²) in [5.74, 6) is -0.348. The van der Waals surface area contributed by atoms with E-state index in [-0.39, 0.29) is 19.0 Å². The first-order valence-corrected chi connectivity index (χ1v) is 4.99. The molecule has 0 aliphatic carbocycles. The van der Waals surface area contributed by atoms with Crippen LogP contribution in [-0.2, 0) is 14.3 Å². The maximum Gasteiger partial charge on any atom is 0.311 e. The van der Waals surface area contributed by atoms with Gasteiger partial charge in [-0.1, -0.05) is 0 Å². The fourth-order valence-electron chi connectivity index (χ4n) is 1.23. The molecule has 5 heteroatoms. The van der Waals surface area contributed by atoms with Crippen LogP contribution in [0.1, 0.15) is 27.2 Å². The van der Waals surface area contributed by atoms with Crippen molar-refractivity contribution in [1.29, 1.82) is 0 Å². The minimum atomic E-state index is -0.960. The minimum absolute atomic E-state index is 0.0195. The van der Waals surface area contributed by atoms with Crippen molar-refractivity contribution < 1.29 is 24.5 Å². The lowest BCUT2D eigenvalue weighted by Crippen LogP contribution is -2.31. The summed E-state index contributed by atoms with van der Waals surface area (Å²) in [5.41, 5.74) is -0.567. The predicted octanol–water partition coefficient (Wildman–Crippen LogP) is 0.0439. The van der Waals surface area contributed by atoms with Gasteiger partial charge in [-0.2, -0.15) is 0 Å². The molecule has 0 aromatic rings. The van der Waals surface area contributed by atoms with E-state index in [0.717, 1.165) is 0 Å². The van der Waals surface area contributed by atoms with Crippen LogP contribution in [0.2, 0.25) is 0 Å². The summed E-state index contributed by atoms with van der Waals surface area (Å²) in [5, 5.41) is 18.5. The molecule has 1 heterocycles. The first-order chi connectivity index (χ1) is 6.80. The van der Waals surface area contributed by atoms with Gasteiger partial charge < -0.3 is 19.7 Å². The average molecular weight is 218 g/mol. The highest BCUT2D eigenvalue weighted by Crippen LogP contribution is 2.20. The van der Waals surface area contributed by atoms with Gasteiger partial charge in [0.25, 0.3) is 0 Å². The minimum Gasteiger partial charge on any atom is -0.462 e. The monoisotopic (exact) mass is 218 g/mol. The van der Waals surface area contributed by atoms with Crippen molar-refractivity contribution in [1.82, 2.24) is 0 Å². The molecule has 0 amide bonds. The second-order valence-electron chi connectivity index (χ2n) is 4.78. The largest absolute Gasteiger partial charge is 0.462 e. The number of hydrogen-bond acceptors (Lipinski definition) is 5. The third-order valence-corrected chi connectivity index (χ3v) is 2.20. The van der Waals surface area contributed by atoms with Gasteiger partial charge >= 0.3 is 5.97 Å². The van der Waals surface area contributed by atoms with Crippen molar-refractivity contribution in [2.75, 3.05) is 6.61 Å². The molecule has 1 aliphatic heterocycles. The van der Waals surface area contributed by atoms with E-state index >= 15 is 0 Å². The number of aliphatic hydroxyl groups excluding tert-OH is 2. The Bertz CT molecular complexity index is 232. The lowest BCUT2D eigenvalue weighted by atomic mass is 9.97. The SMILES string of the molecule is CC(C)(C)C(=O)OC[C@H]1O[C@@H](O)C[C@H]1O. The van der Waals surface area contributed by atoms with Gasteiger partial charge in [-0.3, -0.25) is 4.79 Å². The highest BCUT2D eigenvalue weighted by Gasteiger charge is 2.34. The number of ether oxygens (including phenoxy) is 2. The van der Waals surface area contributed by atoms with Gasteiger partial charge in [0.2, 0.25) is 0 Å². The first kappa shape index (κ1) is 12.4. The number of carbonyl (C=O) groups is 1. The molecule has 15 heavy (non-hydrogen) atoms. The zero-order valence-electron chi connectivity index (χ0n) is 9.27. The molecule has 2 N–H and O–H groups in total. The van der Waals surface area contributed by atoms with E-state index in [1.54, 1.807) is 20.8 Å². The molecule has 88 valence electrons. The Morgan fingerprint density at radius 2 is 2.07 bits per heavy atom. The first-order valence-electron chi connectivity index (χ1n) is 4.99. The van der Waals surface area contributed by atoms with Gasteiger partial charge in [0, 0.05) is 6.42 Å². The van der Waals surface area contributed by atoms with Crippen LogP contribution in [0.5, 0.6) is 0 Å². The summed E-state index contributed by atoms with van der Waals surface area (Å²) in [4.78, 5) is 11.4. The zero-order valence-corrected chi connectivity index (χ0v) is 9.27. The summed E-state index contributed by atoms with van der Waals surface area (Å²) in [6, 6.07) is 0. The van der Waals surface area contributed by atoms with Crippen LogP contribution in [0, 0.1) is 5.41 Å². The van der Waals surface area contributed by atoms with Gasteiger partial charge in [0.1, 0.15) is 12.7 Å². The lowest BCUT2D eigenvalue weighted by Gasteiger charge is -2.19. The molecule has 1 aliphatic rings. The highest BCUT2D eigenvalue weighted by atomic mass is 16.6. The van der Waals surface area contributed by atoms with E-state index in [1.165, 1.54) is 0 Å². The number of hydrogen-bond donors (Lipinski definition) is 2. The Morgan fingerprint density at radius 1 is 1.47 bits per heavy atom. The predicted molar refractivity (Wildman–Crippen MR) is 51.9 cm³/mol. The van der Waals surface area contributed by atoms with Crippen LogP contribution >= 0.6 is 0 Å². The Balaban J connectivity index is 2.35. The normalized spacial score (nSPS) is 31.7. The van der Waals surface area contributed by atoms with Crippen LogP contribution in [0.4, 0.5) is 0 Å². The molecule has 0 radical (unpaired) electrons.